The van der Waals surface area contributed by atoms with Gasteiger partial charge in [-0.3, -0.25) is 0 Å². The van der Waals surface area contributed by atoms with E-state index in [2.05, 4.69) is 102 Å². The zero-order chi connectivity index (χ0) is 34.1. The lowest BCUT2D eigenvalue weighted by Crippen LogP contribution is -2.74. The van der Waals surface area contributed by atoms with Gasteiger partial charge in [0, 0.05) is 21.9 Å². The maximum atomic E-state index is 10.8. The van der Waals surface area contributed by atoms with E-state index in [1.54, 1.807) is 0 Å². The van der Waals surface area contributed by atoms with Crippen molar-refractivity contribution in [2.75, 3.05) is 0 Å². The third-order valence-corrected chi connectivity index (χ3v) is 14.5. The molecule has 0 saturated carbocycles. The Kier molecular flexibility index (Phi) is 7.63. The molecule has 8 aromatic rings. The van der Waals surface area contributed by atoms with Crippen molar-refractivity contribution >= 4 is 50.6 Å². The number of para-hydroxylation sites is 1. The normalized spacial score (nSPS) is 11.1. The predicted molar refractivity (Wildman–Crippen MR) is 204 cm³/mol. The SMILES string of the molecule is N#Cc1ccc2c(c1)c1ccccc1n2-c1cccc(-c2ccc([Si](c3ccccc3)(c3ccccc3)c3ccccc3)cc2C#N)c1C#N. The van der Waals surface area contributed by atoms with Gasteiger partial charge in [-0.2, -0.15) is 15.8 Å². The van der Waals surface area contributed by atoms with E-state index < -0.39 is 8.07 Å². The van der Waals surface area contributed by atoms with E-state index in [9.17, 15) is 15.8 Å². The maximum absolute atomic E-state index is 10.8. The van der Waals surface area contributed by atoms with Gasteiger partial charge in [-0.05, 0) is 57.1 Å². The highest BCUT2D eigenvalue weighted by Crippen LogP contribution is 2.37. The zero-order valence-corrected chi connectivity index (χ0v) is 28.0. The summed E-state index contributed by atoms with van der Waals surface area (Å²) in [5, 5.41) is 37.9. The summed E-state index contributed by atoms with van der Waals surface area (Å²) >= 11 is 0. The third kappa shape index (κ3) is 4.72. The molecular weight excluding hydrogens is 625 g/mol. The minimum Gasteiger partial charge on any atom is -0.308 e. The number of benzene rings is 7. The largest absolute Gasteiger partial charge is 0.308 e. The first kappa shape index (κ1) is 30.4. The van der Waals surface area contributed by atoms with Gasteiger partial charge in [-0.15, -0.1) is 0 Å². The second-order valence-corrected chi connectivity index (χ2v) is 16.0. The number of hydrogen-bond donors (Lipinski definition) is 0. The van der Waals surface area contributed by atoms with E-state index in [0.29, 0.717) is 27.8 Å². The molecule has 0 N–H and O–H groups in total. The fourth-order valence-corrected chi connectivity index (χ4v) is 12.3. The predicted octanol–water partition coefficient (Wildman–Crippen LogP) is 7.44. The molecule has 1 aromatic heterocycles. The molecule has 7 aromatic carbocycles. The highest BCUT2D eigenvalue weighted by molar-refractivity contribution is 7.19. The summed E-state index contributed by atoms with van der Waals surface area (Å²) < 4.78 is 2.09. The van der Waals surface area contributed by atoms with E-state index in [4.69, 9.17) is 0 Å². The highest BCUT2D eigenvalue weighted by atomic mass is 28.3. The van der Waals surface area contributed by atoms with Gasteiger partial charge in [-0.1, -0.05) is 133 Å². The van der Waals surface area contributed by atoms with Crippen LogP contribution in [0.5, 0.6) is 0 Å². The maximum Gasteiger partial charge on any atom is 0.179 e. The number of fused-ring (bicyclic) bond motifs is 3. The molecule has 4 nitrogen and oxygen atoms in total. The number of nitrogens with zero attached hydrogens (tertiary/aromatic N) is 4. The summed E-state index contributed by atoms with van der Waals surface area (Å²) in [5.74, 6) is 0. The molecule has 5 heteroatoms. The molecule has 0 fully saturated rings. The van der Waals surface area contributed by atoms with Crippen LogP contribution in [0, 0.1) is 34.0 Å². The van der Waals surface area contributed by atoms with Crippen molar-refractivity contribution in [3.8, 4) is 35.0 Å². The molecule has 0 spiro atoms. The average Bonchev–Trinajstić information content (AvgIpc) is 3.52. The summed E-state index contributed by atoms with van der Waals surface area (Å²) in [7, 11) is -2.86. The molecule has 0 bridgehead atoms. The minimum atomic E-state index is -2.86. The average molecular weight is 653 g/mol. The van der Waals surface area contributed by atoms with Gasteiger partial charge in [0.25, 0.3) is 0 Å². The van der Waals surface area contributed by atoms with E-state index in [1.807, 2.05) is 91.0 Å². The second-order valence-electron chi connectivity index (χ2n) is 12.2. The summed E-state index contributed by atoms with van der Waals surface area (Å²) in [5.41, 5.74) is 5.52. The summed E-state index contributed by atoms with van der Waals surface area (Å²) in [6.45, 7) is 0. The molecule has 0 radical (unpaired) electrons. The molecule has 0 aliphatic heterocycles. The van der Waals surface area contributed by atoms with Crippen molar-refractivity contribution in [3.05, 3.63) is 187 Å². The third-order valence-electron chi connectivity index (χ3n) is 9.68. The van der Waals surface area contributed by atoms with Crippen LogP contribution >= 0.6 is 0 Å². The van der Waals surface area contributed by atoms with Gasteiger partial charge in [-0.25, -0.2) is 0 Å². The van der Waals surface area contributed by atoms with Gasteiger partial charge >= 0.3 is 0 Å². The van der Waals surface area contributed by atoms with Crippen molar-refractivity contribution in [2.24, 2.45) is 0 Å². The Labute approximate surface area is 291 Å². The molecule has 0 atom stereocenters. The van der Waals surface area contributed by atoms with Crippen LogP contribution in [0.3, 0.4) is 0 Å². The lowest BCUT2D eigenvalue weighted by molar-refractivity contribution is 1.17. The van der Waals surface area contributed by atoms with Crippen LogP contribution in [0.2, 0.25) is 0 Å². The highest BCUT2D eigenvalue weighted by Gasteiger charge is 2.41. The Balaban J connectivity index is 1.38. The van der Waals surface area contributed by atoms with Gasteiger partial charge in [0.15, 0.2) is 8.07 Å². The Morgan fingerprint density at radius 1 is 0.420 bits per heavy atom. The van der Waals surface area contributed by atoms with Crippen molar-refractivity contribution < 1.29 is 0 Å². The first-order chi connectivity index (χ1) is 24.7. The van der Waals surface area contributed by atoms with Crippen LogP contribution in [-0.4, -0.2) is 12.6 Å². The van der Waals surface area contributed by atoms with Crippen molar-refractivity contribution in [1.29, 1.82) is 15.8 Å². The Morgan fingerprint density at radius 3 is 1.62 bits per heavy atom. The Morgan fingerprint density at radius 2 is 1.02 bits per heavy atom. The molecule has 232 valence electrons. The van der Waals surface area contributed by atoms with Crippen LogP contribution < -0.4 is 20.7 Å². The Hall–Kier alpha value is -6.97. The molecule has 0 amide bonds. The van der Waals surface area contributed by atoms with Gasteiger partial charge in [0.05, 0.1) is 45.5 Å². The van der Waals surface area contributed by atoms with E-state index in [1.165, 1.54) is 15.6 Å². The molecule has 50 heavy (non-hydrogen) atoms. The second kappa shape index (κ2) is 12.6. The van der Waals surface area contributed by atoms with Crippen molar-refractivity contribution in [3.63, 3.8) is 0 Å². The smallest absolute Gasteiger partial charge is 0.179 e. The molecule has 1 heterocycles. The van der Waals surface area contributed by atoms with E-state index >= 15 is 0 Å². The van der Waals surface area contributed by atoms with Crippen LogP contribution in [0.15, 0.2) is 170 Å². The summed E-state index contributed by atoms with van der Waals surface area (Å²) in [4.78, 5) is 0. The number of rotatable bonds is 6. The fraction of sp³-hybridized carbons (Fsp3) is 0. The standard InChI is InChI=1S/C45H28N4Si/c46-29-32-23-26-45-41(27-32)40-19-10-11-21-43(40)49(45)44-22-12-20-39(42(44)31-48)38-25-24-37(28-33(38)30-47)50(34-13-4-1-5-14-34,35-15-6-2-7-16-35)36-17-8-3-9-18-36/h1-28H. The number of aromatic nitrogens is 1. The van der Waals surface area contributed by atoms with Gasteiger partial charge < -0.3 is 4.57 Å². The number of hydrogen-bond acceptors (Lipinski definition) is 3. The van der Waals surface area contributed by atoms with Gasteiger partial charge in [0.1, 0.15) is 6.07 Å². The summed E-state index contributed by atoms with van der Waals surface area (Å²) in [6, 6.07) is 64.9. The van der Waals surface area contributed by atoms with Crippen LogP contribution in [0.1, 0.15) is 16.7 Å². The Bertz CT molecular complexity index is 2580. The van der Waals surface area contributed by atoms with Crippen LogP contribution in [0.25, 0.3) is 38.6 Å². The van der Waals surface area contributed by atoms with Crippen molar-refractivity contribution in [2.45, 2.75) is 0 Å². The molecule has 8 rings (SSSR count). The lowest BCUT2D eigenvalue weighted by atomic mass is 9.95. The molecule has 0 aliphatic carbocycles. The van der Waals surface area contributed by atoms with Crippen LogP contribution in [0.4, 0.5) is 0 Å². The zero-order valence-electron chi connectivity index (χ0n) is 27.0. The molecule has 0 aliphatic rings. The summed E-state index contributed by atoms with van der Waals surface area (Å²) in [6.07, 6.45) is 0. The monoisotopic (exact) mass is 652 g/mol. The van der Waals surface area contributed by atoms with Gasteiger partial charge in [0.2, 0.25) is 0 Å². The van der Waals surface area contributed by atoms with Crippen LogP contribution in [-0.2, 0) is 0 Å². The minimum absolute atomic E-state index is 0.474. The first-order valence-corrected chi connectivity index (χ1v) is 18.4. The first-order valence-electron chi connectivity index (χ1n) is 16.4. The topological polar surface area (TPSA) is 76.3 Å². The van der Waals surface area contributed by atoms with Crippen molar-refractivity contribution in [1.82, 2.24) is 4.57 Å². The molecule has 0 saturated heterocycles. The number of nitriles is 3. The quantitative estimate of drug-likeness (QED) is 0.138. The van der Waals surface area contributed by atoms with E-state index in [-0.39, 0.29) is 0 Å². The lowest BCUT2D eigenvalue weighted by Gasteiger charge is -2.34. The van der Waals surface area contributed by atoms with E-state index in [0.717, 1.165) is 32.7 Å². The molecular formula is C45H28N4Si. The fourth-order valence-electron chi connectivity index (χ4n) is 7.54. The molecule has 0 unspecified atom stereocenters.